The summed E-state index contributed by atoms with van der Waals surface area (Å²) in [6.07, 6.45) is -4.17. The number of rotatable bonds is 2. The van der Waals surface area contributed by atoms with Crippen molar-refractivity contribution in [1.29, 1.82) is 0 Å². The van der Waals surface area contributed by atoms with Crippen LogP contribution in [0.3, 0.4) is 0 Å². The summed E-state index contributed by atoms with van der Waals surface area (Å²) in [5.74, 6) is 0.882. The van der Waals surface area contributed by atoms with Crippen LogP contribution >= 0.6 is 0 Å². The van der Waals surface area contributed by atoms with Crippen molar-refractivity contribution in [3.8, 4) is 11.5 Å². The molecule has 0 aromatic heterocycles. The zero-order chi connectivity index (χ0) is 13.7. The van der Waals surface area contributed by atoms with Crippen molar-refractivity contribution in [2.45, 2.75) is 24.6 Å². The second kappa shape index (κ2) is 3.85. The number of halogens is 3. The standard InChI is InChI=1S/C12H13F3N2O2/c13-12(14,15)11(1-2-11)17-8-6-10-9(5-7(8)16)18-3-4-19-10/h5-6,17H,1-4,16H2. The minimum atomic E-state index is -4.29. The molecule has 104 valence electrons. The number of hydrogen-bond acceptors (Lipinski definition) is 4. The predicted octanol–water partition coefficient (Wildman–Crippen LogP) is 2.55. The molecule has 3 rings (SSSR count). The van der Waals surface area contributed by atoms with Gasteiger partial charge in [0.05, 0.1) is 11.4 Å². The highest BCUT2D eigenvalue weighted by atomic mass is 19.4. The van der Waals surface area contributed by atoms with E-state index in [4.69, 9.17) is 15.2 Å². The van der Waals surface area contributed by atoms with Crippen molar-refractivity contribution in [2.75, 3.05) is 24.3 Å². The van der Waals surface area contributed by atoms with Gasteiger partial charge in [-0.2, -0.15) is 13.2 Å². The van der Waals surface area contributed by atoms with Gasteiger partial charge < -0.3 is 20.5 Å². The molecule has 4 nitrogen and oxygen atoms in total. The van der Waals surface area contributed by atoms with Crippen LogP contribution in [0.4, 0.5) is 24.5 Å². The van der Waals surface area contributed by atoms with Crippen LogP contribution in [0.1, 0.15) is 12.8 Å². The van der Waals surface area contributed by atoms with Gasteiger partial charge in [-0.05, 0) is 12.8 Å². The number of nitrogen functional groups attached to an aromatic ring is 1. The molecular formula is C12H13F3N2O2. The number of hydrogen-bond donors (Lipinski definition) is 2. The highest BCUT2D eigenvalue weighted by molar-refractivity contribution is 5.73. The van der Waals surface area contributed by atoms with E-state index in [-0.39, 0.29) is 24.2 Å². The van der Waals surface area contributed by atoms with E-state index in [9.17, 15) is 13.2 Å². The minimum absolute atomic E-state index is 0.0599. The lowest BCUT2D eigenvalue weighted by Crippen LogP contribution is -2.38. The average molecular weight is 274 g/mol. The summed E-state index contributed by atoms with van der Waals surface area (Å²) in [5, 5.41) is 2.50. The summed E-state index contributed by atoms with van der Waals surface area (Å²) < 4.78 is 49.3. The number of fused-ring (bicyclic) bond motifs is 1. The Balaban J connectivity index is 1.90. The fourth-order valence-electron chi connectivity index (χ4n) is 2.07. The first-order valence-corrected chi connectivity index (χ1v) is 5.95. The van der Waals surface area contributed by atoms with Crippen LogP contribution in [0.5, 0.6) is 11.5 Å². The molecule has 1 aliphatic carbocycles. The van der Waals surface area contributed by atoms with Crippen LogP contribution in [0, 0.1) is 0 Å². The first-order valence-electron chi connectivity index (χ1n) is 5.95. The lowest BCUT2D eigenvalue weighted by atomic mass is 10.2. The molecule has 7 heteroatoms. The number of nitrogens with two attached hydrogens (primary N) is 1. The average Bonchev–Trinajstić information content (AvgIpc) is 3.10. The monoisotopic (exact) mass is 274 g/mol. The Labute approximate surface area is 107 Å². The molecule has 0 amide bonds. The minimum Gasteiger partial charge on any atom is -0.486 e. The normalized spacial score (nSPS) is 19.9. The lowest BCUT2D eigenvalue weighted by molar-refractivity contribution is -0.151. The topological polar surface area (TPSA) is 56.5 Å². The van der Waals surface area contributed by atoms with Gasteiger partial charge in [-0.3, -0.25) is 0 Å². The zero-order valence-corrected chi connectivity index (χ0v) is 10.0. The maximum atomic E-state index is 12.9. The number of alkyl halides is 3. The van der Waals surface area contributed by atoms with E-state index in [0.717, 1.165) is 0 Å². The number of nitrogens with one attached hydrogen (secondary N) is 1. The Bertz CT molecular complexity index is 512. The molecule has 1 aromatic carbocycles. The third-order valence-corrected chi connectivity index (χ3v) is 3.38. The second-order valence-corrected chi connectivity index (χ2v) is 4.79. The van der Waals surface area contributed by atoms with Crippen LogP contribution in [0.15, 0.2) is 12.1 Å². The smallest absolute Gasteiger partial charge is 0.411 e. The van der Waals surface area contributed by atoms with Crippen molar-refractivity contribution >= 4 is 11.4 Å². The number of anilines is 2. The highest BCUT2D eigenvalue weighted by Gasteiger charge is 2.63. The molecule has 1 aromatic rings. The van der Waals surface area contributed by atoms with Crippen LogP contribution in [-0.4, -0.2) is 24.9 Å². The summed E-state index contributed by atoms with van der Waals surface area (Å²) in [7, 11) is 0. The summed E-state index contributed by atoms with van der Waals surface area (Å²) >= 11 is 0. The lowest BCUT2D eigenvalue weighted by Gasteiger charge is -2.25. The Hall–Kier alpha value is -1.79. The Morgan fingerprint density at radius 3 is 2.21 bits per heavy atom. The molecule has 1 aliphatic heterocycles. The molecule has 0 atom stereocenters. The molecule has 2 aliphatic rings. The Morgan fingerprint density at radius 1 is 1.11 bits per heavy atom. The summed E-state index contributed by atoms with van der Waals surface area (Å²) in [6.45, 7) is 0.784. The van der Waals surface area contributed by atoms with Crippen molar-refractivity contribution in [1.82, 2.24) is 0 Å². The first kappa shape index (κ1) is 12.3. The van der Waals surface area contributed by atoms with E-state index < -0.39 is 11.7 Å². The number of ether oxygens (including phenoxy) is 2. The molecule has 0 radical (unpaired) electrons. The maximum Gasteiger partial charge on any atom is 0.411 e. The fourth-order valence-corrected chi connectivity index (χ4v) is 2.07. The van der Waals surface area contributed by atoms with Crippen molar-refractivity contribution < 1.29 is 22.6 Å². The van der Waals surface area contributed by atoms with Crippen LogP contribution in [-0.2, 0) is 0 Å². The fraction of sp³-hybridized carbons (Fsp3) is 0.500. The summed E-state index contributed by atoms with van der Waals surface area (Å²) in [4.78, 5) is 0. The number of benzene rings is 1. The van der Waals surface area contributed by atoms with Gasteiger partial charge in [0, 0.05) is 12.1 Å². The Morgan fingerprint density at radius 2 is 1.68 bits per heavy atom. The van der Waals surface area contributed by atoms with Gasteiger partial charge in [-0.1, -0.05) is 0 Å². The van der Waals surface area contributed by atoms with Gasteiger partial charge in [-0.15, -0.1) is 0 Å². The molecule has 3 N–H and O–H groups in total. The molecule has 1 saturated carbocycles. The van der Waals surface area contributed by atoms with E-state index in [2.05, 4.69) is 5.32 Å². The maximum absolute atomic E-state index is 12.9. The van der Waals surface area contributed by atoms with Gasteiger partial charge >= 0.3 is 6.18 Å². The van der Waals surface area contributed by atoms with Gasteiger partial charge in [0.1, 0.15) is 18.8 Å². The largest absolute Gasteiger partial charge is 0.486 e. The zero-order valence-electron chi connectivity index (χ0n) is 10.0. The third-order valence-electron chi connectivity index (χ3n) is 3.38. The predicted molar refractivity (Wildman–Crippen MR) is 63.5 cm³/mol. The molecule has 0 unspecified atom stereocenters. The molecule has 0 saturated heterocycles. The van der Waals surface area contributed by atoms with Crippen LogP contribution in [0.2, 0.25) is 0 Å². The van der Waals surface area contributed by atoms with Gasteiger partial charge in [0.25, 0.3) is 0 Å². The van der Waals surface area contributed by atoms with Crippen molar-refractivity contribution in [2.24, 2.45) is 0 Å². The van der Waals surface area contributed by atoms with Crippen LogP contribution in [0.25, 0.3) is 0 Å². The van der Waals surface area contributed by atoms with E-state index >= 15 is 0 Å². The molecule has 0 bridgehead atoms. The molecular weight excluding hydrogens is 261 g/mol. The summed E-state index contributed by atoms with van der Waals surface area (Å²) in [6, 6.07) is 2.96. The van der Waals surface area contributed by atoms with E-state index in [1.807, 2.05) is 0 Å². The second-order valence-electron chi connectivity index (χ2n) is 4.79. The van der Waals surface area contributed by atoms with Crippen molar-refractivity contribution in [3.05, 3.63) is 12.1 Å². The van der Waals surface area contributed by atoms with Gasteiger partial charge in [0.15, 0.2) is 11.5 Å². The summed E-state index contributed by atoms with van der Waals surface area (Å²) in [5.41, 5.74) is 4.37. The van der Waals surface area contributed by atoms with Crippen LogP contribution < -0.4 is 20.5 Å². The quantitative estimate of drug-likeness (QED) is 0.814. The Kier molecular flexibility index (Phi) is 2.48. The van der Waals surface area contributed by atoms with Gasteiger partial charge in [-0.25, -0.2) is 0 Å². The van der Waals surface area contributed by atoms with E-state index in [1.54, 1.807) is 0 Å². The van der Waals surface area contributed by atoms with E-state index in [0.29, 0.717) is 24.7 Å². The molecule has 1 heterocycles. The van der Waals surface area contributed by atoms with Gasteiger partial charge in [0.2, 0.25) is 0 Å². The van der Waals surface area contributed by atoms with Crippen molar-refractivity contribution in [3.63, 3.8) is 0 Å². The molecule has 19 heavy (non-hydrogen) atoms. The highest BCUT2D eigenvalue weighted by Crippen LogP contribution is 2.52. The van der Waals surface area contributed by atoms with E-state index in [1.165, 1.54) is 12.1 Å². The molecule has 1 fully saturated rings. The first-order chi connectivity index (χ1) is 8.91. The third kappa shape index (κ3) is 2.02. The SMILES string of the molecule is Nc1cc2c(cc1NC1(C(F)(F)F)CC1)OCCO2. The molecule has 0 spiro atoms.